The van der Waals surface area contributed by atoms with Gasteiger partial charge in [-0.25, -0.2) is 4.79 Å². The fourth-order valence-electron chi connectivity index (χ4n) is 2.53. The van der Waals surface area contributed by atoms with Crippen molar-refractivity contribution < 1.29 is 9.59 Å². The third-order valence-corrected chi connectivity index (χ3v) is 4.00. The van der Waals surface area contributed by atoms with Gasteiger partial charge in [-0.1, -0.05) is 26.7 Å². The summed E-state index contributed by atoms with van der Waals surface area (Å²) in [5.41, 5.74) is 0. The van der Waals surface area contributed by atoms with Crippen LogP contribution in [0.5, 0.6) is 0 Å². The van der Waals surface area contributed by atoms with E-state index in [0.29, 0.717) is 6.54 Å². The second-order valence-electron chi connectivity index (χ2n) is 6.41. The average Bonchev–Trinajstić information content (AvgIpc) is 2.52. The molecule has 1 aliphatic heterocycles. The van der Waals surface area contributed by atoms with Gasteiger partial charge in [0.25, 0.3) is 0 Å². The Kier molecular flexibility index (Phi) is 8.49. The molecule has 3 N–H and O–H groups in total. The van der Waals surface area contributed by atoms with Gasteiger partial charge in [0.05, 0.1) is 12.6 Å². The zero-order valence-electron chi connectivity index (χ0n) is 14.5. The Morgan fingerprint density at radius 3 is 2.48 bits per heavy atom. The summed E-state index contributed by atoms with van der Waals surface area (Å²) in [5, 5.41) is 8.67. The normalized spacial score (nSPS) is 17.3. The molecule has 1 rings (SSSR count). The Hall–Kier alpha value is -1.74. The van der Waals surface area contributed by atoms with Gasteiger partial charge in [0.2, 0.25) is 5.91 Å². The number of amides is 3. The molecule has 1 unspecified atom stereocenters. The summed E-state index contributed by atoms with van der Waals surface area (Å²) >= 11 is 0. The molecule has 0 radical (unpaired) electrons. The lowest BCUT2D eigenvalue weighted by atomic mass is 10.0. The number of carbonyl (C=O) groups is 2. The Morgan fingerprint density at radius 1 is 1.30 bits per heavy atom. The molecule has 1 aliphatic rings. The standard InChI is InChI=1S/C17H30N4O2/c1-5-9-18-16(22)12-21-10-7-14(8-11-21)19-17(23)20-15(6-2)13(3)4/h2,13-15H,5,7-12H2,1,3-4H3,(H,18,22)(H2,19,20,23). The fourth-order valence-corrected chi connectivity index (χ4v) is 2.53. The Balaban J connectivity index is 2.27. The average molecular weight is 322 g/mol. The van der Waals surface area contributed by atoms with E-state index in [2.05, 4.69) is 26.8 Å². The van der Waals surface area contributed by atoms with Crippen LogP contribution < -0.4 is 16.0 Å². The first-order chi connectivity index (χ1) is 11.0. The van der Waals surface area contributed by atoms with Crippen LogP contribution in [0.4, 0.5) is 4.79 Å². The van der Waals surface area contributed by atoms with E-state index in [9.17, 15) is 9.59 Å². The Morgan fingerprint density at radius 2 is 1.96 bits per heavy atom. The summed E-state index contributed by atoms with van der Waals surface area (Å²) in [5.74, 6) is 2.87. The van der Waals surface area contributed by atoms with Gasteiger partial charge in [-0.05, 0) is 25.2 Å². The maximum Gasteiger partial charge on any atom is 0.315 e. The first-order valence-corrected chi connectivity index (χ1v) is 8.48. The van der Waals surface area contributed by atoms with Crippen molar-refractivity contribution in [3.05, 3.63) is 0 Å². The van der Waals surface area contributed by atoms with Crippen molar-refractivity contribution in [1.82, 2.24) is 20.9 Å². The van der Waals surface area contributed by atoms with Crippen LogP contribution in [-0.2, 0) is 4.79 Å². The molecule has 0 aromatic carbocycles. The number of nitrogens with zero attached hydrogens (tertiary/aromatic N) is 1. The summed E-state index contributed by atoms with van der Waals surface area (Å²) in [4.78, 5) is 25.8. The van der Waals surface area contributed by atoms with Crippen molar-refractivity contribution in [2.75, 3.05) is 26.2 Å². The van der Waals surface area contributed by atoms with Gasteiger partial charge < -0.3 is 16.0 Å². The molecular weight excluding hydrogens is 292 g/mol. The van der Waals surface area contributed by atoms with E-state index in [1.807, 2.05) is 20.8 Å². The lowest BCUT2D eigenvalue weighted by molar-refractivity contribution is -0.122. The van der Waals surface area contributed by atoms with E-state index in [4.69, 9.17) is 6.42 Å². The molecule has 0 spiro atoms. The number of hydrogen-bond donors (Lipinski definition) is 3. The van der Waals surface area contributed by atoms with Crippen LogP contribution in [0.25, 0.3) is 0 Å². The van der Waals surface area contributed by atoms with Crippen molar-refractivity contribution in [2.45, 2.75) is 52.1 Å². The minimum Gasteiger partial charge on any atom is -0.355 e. The third kappa shape index (κ3) is 7.38. The van der Waals surface area contributed by atoms with Crippen LogP contribution in [0, 0.1) is 18.3 Å². The summed E-state index contributed by atoms with van der Waals surface area (Å²) in [6, 6.07) is -0.325. The highest BCUT2D eigenvalue weighted by molar-refractivity contribution is 5.78. The minimum absolute atomic E-state index is 0.0739. The predicted octanol–water partition coefficient (Wildman–Crippen LogP) is 0.934. The number of terminal acetylenes is 1. The number of urea groups is 1. The topological polar surface area (TPSA) is 73.5 Å². The SMILES string of the molecule is C#CC(NC(=O)NC1CCN(CC(=O)NCCC)CC1)C(C)C. The lowest BCUT2D eigenvalue weighted by Gasteiger charge is -2.32. The summed E-state index contributed by atoms with van der Waals surface area (Å²) in [7, 11) is 0. The van der Waals surface area contributed by atoms with Crippen molar-refractivity contribution in [1.29, 1.82) is 0 Å². The molecule has 0 aliphatic carbocycles. The number of rotatable bonds is 7. The maximum absolute atomic E-state index is 12.0. The molecule has 0 saturated carbocycles. The highest BCUT2D eigenvalue weighted by Crippen LogP contribution is 2.10. The Bertz CT molecular complexity index is 423. The molecule has 6 nitrogen and oxygen atoms in total. The van der Waals surface area contributed by atoms with Crippen LogP contribution in [0.3, 0.4) is 0 Å². The Labute approximate surface area is 139 Å². The molecule has 1 heterocycles. The van der Waals surface area contributed by atoms with Gasteiger partial charge in [0.1, 0.15) is 0 Å². The third-order valence-electron chi connectivity index (χ3n) is 4.00. The quantitative estimate of drug-likeness (QED) is 0.611. The van der Waals surface area contributed by atoms with Gasteiger partial charge in [-0.3, -0.25) is 9.69 Å². The second-order valence-corrected chi connectivity index (χ2v) is 6.41. The molecule has 0 aromatic heterocycles. The van der Waals surface area contributed by atoms with Crippen LogP contribution in [0.15, 0.2) is 0 Å². The highest BCUT2D eigenvalue weighted by Gasteiger charge is 2.23. The van der Waals surface area contributed by atoms with E-state index in [1.54, 1.807) is 0 Å². The van der Waals surface area contributed by atoms with Gasteiger partial charge in [0.15, 0.2) is 0 Å². The van der Waals surface area contributed by atoms with E-state index >= 15 is 0 Å². The first kappa shape index (κ1) is 19.3. The molecule has 3 amide bonds. The lowest BCUT2D eigenvalue weighted by Crippen LogP contribution is -2.51. The van der Waals surface area contributed by atoms with Crippen LogP contribution in [-0.4, -0.2) is 55.1 Å². The minimum atomic E-state index is -0.252. The summed E-state index contributed by atoms with van der Waals surface area (Å²) < 4.78 is 0. The van der Waals surface area contributed by atoms with Crippen molar-refractivity contribution in [2.24, 2.45) is 5.92 Å². The molecule has 1 fully saturated rings. The monoisotopic (exact) mass is 322 g/mol. The second kappa shape index (κ2) is 10.1. The predicted molar refractivity (Wildman–Crippen MR) is 91.9 cm³/mol. The van der Waals surface area contributed by atoms with Crippen molar-refractivity contribution >= 4 is 11.9 Å². The molecule has 0 bridgehead atoms. The maximum atomic E-state index is 12.0. The van der Waals surface area contributed by atoms with Crippen LogP contribution in [0.1, 0.15) is 40.0 Å². The van der Waals surface area contributed by atoms with E-state index < -0.39 is 0 Å². The first-order valence-electron chi connectivity index (χ1n) is 8.48. The van der Waals surface area contributed by atoms with Gasteiger partial charge >= 0.3 is 6.03 Å². The van der Waals surface area contributed by atoms with Gasteiger partial charge in [0, 0.05) is 25.7 Å². The fraction of sp³-hybridized carbons (Fsp3) is 0.765. The molecule has 23 heavy (non-hydrogen) atoms. The number of piperidine rings is 1. The van der Waals surface area contributed by atoms with E-state index in [-0.39, 0.29) is 29.9 Å². The number of likely N-dealkylation sites (tertiary alicyclic amines) is 1. The van der Waals surface area contributed by atoms with E-state index in [0.717, 1.165) is 38.9 Å². The van der Waals surface area contributed by atoms with Gasteiger partial charge in [-0.15, -0.1) is 6.42 Å². The number of nitrogens with one attached hydrogen (secondary N) is 3. The highest BCUT2D eigenvalue weighted by atomic mass is 16.2. The number of carbonyl (C=O) groups excluding carboxylic acids is 2. The zero-order chi connectivity index (χ0) is 17.2. The van der Waals surface area contributed by atoms with Crippen molar-refractivity contribution in [3.8, 4) is 12.3 Å². The largest absolute Gasteiger partial charge is 0.355 e. The summed E-state index contributed by atoms with van der Waals surface area (Å²) in [6.07, 6.45) is 8.05. The molecule has 6 heteroatoms. The molecular formula is C17H30N4O2. The van der Waals surface area contributed by atoms with Crippen LogP contribution in [0.2, 0.25) is 0 Å². The van der Waals surface area contributed by atoms with E-state index in [1.165, 1.54) is 0 Å². The summed E-state index contributed by atoms with van der Waals surface area (Å²) in [6.45, 7) is 8.78. The molecule has 0 aromatic rings. The zero-order valence-corrected chi connectivity index (χ0v) is 14.5. The molecule has 1 atom stereocenters. The number of hydrogen-bond acceptors (Lipinski definition) is 3. The van der Waals surface area contributed by atoms with Gasteiger partial charge in [-0.2, -0.15) is 0 Å². The molecule has 130 valence electrons. The molecule has 1 saturated heterocycles. The van der Waals surface area contributed by atoms with Crippen molar-refractivity contribution in [3.63, 3.8) is 0 Å². The smallest absolute Gasteiger partial charge is 0.315 e. The van der Waals surface area contributed by atoms with Crippen LogP contribution >= 0.6 is 0 Å².